The van der Waals surface area contributed by atoms with Crippen LogP contribution in [0.1, 0.15) is 17.5 Å². The first-order valence-electron chi connectivity index (χ1n) is 8.55. The molecule has 0 aliphatic heterocycles. The fraction of sp³-hybridized carbons (Fsp3) is 0.286. The lowest BCUT2D eigenvalue weighted by atomic mass is 10.1. The summed E-state index contributed by atoms with van der Waals surface area (Å²) in [6.45, 7) is -2.14. The Labute approximate surface area is 168 Å². The Balaban J connectivity index is 1.81. The molecule has 2 aromatic rings. The lowest BCUT2D eigenvalue weighted by Crippen LogP contribution is -2.21. The largest absolute Gasteiger partial charge is 0.493 e. The molecule has 0 amide bonds. The third kappa shape index (κ3) is 7.05. The first-order chi connectivity index (χ1) is 13.5. The minimum Gasteiger partial charge on any atom is -0.493 e. The van der Waals surface area contributed by atoms with Gasteiger partial charge in [0.2, 0.25) is 0 Å². The SMILES string of the molecule is C#CCOc1ccc(CCC(=S)NCc2ccc(OC(F)F)cc2)cc1OC. The molecule has 0 unspecified atom stereocenters. The van der Waals surface area contributed by atoms with Gasteiger partial charge in [0.1, 0.15) is 12.4 Å². The van der Waals surface area contributed by atoms with Crippen LogP contribution in [-0.4, -0.2) is 25.3 Å². The van der Waals surface area contributed by atoms with Gasteiger partial charge < -0.3 is 19.5 Å². The summed E-state index contributed by atoms with van der Waals surface area (Å²) in [5.41, 5.74) is 1.98. The molecule has 2 aromatic carbocycles. The minimum absolute atomic E-state index is 0.130. The predicted octanol–water partition coefficient (Wildman–Crippen LogP) is 4.36. The van der Waals surface area contributed by atoms with Crippen molar-refractivity contribution in [1.82, 2.24) is 5.32 Å². The maximum atomic E-state index is 12.2. The Morgan fingerprint density at radius 1 is 1.14 bits per heavy atom. The molecule has 0 spiro atoms. The summed E-state index contributed by atoms with van der Waals surface area (Å²) in [6.07, 6.45) is 6.60. The van der Waals surface area contributed by atoms with Crippen molar-refractivity contribution in [3.63, 3.8) is 0 Å². The third-order valence-corrected chi connectivity index (χ3v) is 4.17. The minimum atomic E-state index is -2.83. The van der Waals surface area contributed by atoms with E-state index < -0.39 is 6.61 Å². The van der Waals surface area contributed by atoms with Gasteiger partial charge in [-0.25, -0.2) is 0 Å². The summed E-state index contributed by atoms with van der Waals surface area (Å²) in [7, 11) is 1.58. The zero-order valence-corrected chi connectivity index (χ0v) is 16.2. The molecular weight excluding hydrogens is 384 g/mol. The Bertz CT molecular complexity index is 819. The average Bonchev–Trinajstić information content (AvgIpc) is 2.70. The number of hydrogen-bond donors (Lipinski definition) is 1. The smallest absolute Gasteiger partial charge is 0.387 e. The van der Waals surface area contributed by atoms with Gasteiger partial charge in [-0.2, -0.15) is 8.78 Å². The van der Waals surface area contributed by atoms with Crippen LogP contribution in [0.4, 0.5) is 8.78 Å². The highest BCUT2D eigenvalue weighted by atomic mass is 32.1. The molecule has 7 heteroatoms. The van der Waals surface area contributed by atoms with Crippen LogP contribution in [0.2, 0.25) is 0 Å². The van der Waals surface area contributed by atoms with E-state index in [1.807, 2.05) is 18.2 Å². The van der Waals surface area contributed by atoms with Gasteiger partial charge >= 0.3 is 6.61 Å². The first-order valence-corrected chi connectivity index (χ1v) is 8.96. The van der Waals surface area contributed by atoms with Crippen molar-refractivity contribution < 1.29 is 23.0 Å². The van der Waals surface area contributed by atoms with Gasteiger partial charge in [0.25, 0.3) is 0 Å². The van der Waals surface area contributed by atoms with Gasteiger partial charge in [0, 0.05) is 13.0 Å². The summed E-state index contributed by atoms with van der Waals surface area (Å²) in [4.78, 5) is 0.708. The summed E-state index contributed by atoms with van der Waals surface area (Å²) in [5.74, 6) is 3.77. The normalized spacial score (nSPS) is 10.2. The molecule has 0 heterocycles. The summed E-state index contributed by atoms with van der Waals surface area (Å²) < 4.78 is 39.4. The van der Waals surface area contributed by atoms with E-state index in [2.05, 4.69) is 16.0 Å². The molecule has 0 fully saturated rings. The predicted molar refractivity (Wildman–Crippen MR) is 108 cm³/mol. The fourth-order valence-corrected chi connectivity index (χ4v) is 2.62. The molecule has 0 saturated heterocycles. The number of halogens is 2. The Morgan fingerprint density at radius 3 is 2.50 bits per heavy atom. The molecule has 0 aromatic heterocycles. The first kappa shape index (κ1) is 21.5. The molecule has 0 atom stereocenters. The van der Waals surface area contributed by atoms with Gasteiger partial charge in [-0.05, 0) is 41.8 Å². The van der Waals surface area contributed by atoms with Crippen LogP contribution in [-0.2, 0) is 13.0 Å². The van der Waals surface area contributed by atoms with E-state index in [-0.39, 0.29) is 12.4 Å². The molecule has 0 radical (unpaired) electrons. The quantitative estimate of drug-likeness (QED) is 0.470. The number of rotatable bonds is 10. The highest BCUT2D eigenvalue weighted by Gasteiger charge is 2.07. The average molecular weight is 405 g/mol. The van der Waals surface area contributed by atoms with E-state index >= 15 is 0 Å². The van der Waals surface area contributed by atoms with Crippen LogP contribution < -0.4 is 19.5 Å². The Morgan fingerprint density at radius 2 is 1.86 bits per heavy atom. The lowest BCUT2D eigenvalue weighted by Gasteiger charge is -2.12. The van der Waals surface area contributed by atoms with Gasteiger partial charge in [-0.3, -0.25) is 0 Å². The lowest BCUT2D eigenvalue weighted by molar-refractivity contribution is -0.0498. The summed E-state index contributed by atoms with van der Waals surface area (Å²) >= 11 is 5.37. The molecule has 0 aliphatic carbocycles. The van der Waals surface area contributed by atoms with E-state index in [9.17, 15) is 8.78 Å². The number of nitrogens with one attached hydrogen (secondary N) is 1. The highest BCUT2D eigenvalue weighted by Crippen LogP contribution is 2.28. The van der Waals surface area contributed by atoms with Crippen molar-refractivity contribution in [3.05, 3.63) is 53.6 Å². The number of terminal acetylenes is 1. The topological polar surface area (TPSA) is 39.7 Å². The number of thiocarbonyl (C=S) groups is 1. The van der Waals surface area contributed by atoms with Crippen LogP contribution in [0.15, 0.2) is 42.5 Å². The van der Waals surface area contributed by atoms with Crippen molar-refractivity contribution in [1.29, 1.82) is 0 Å². The van der Waals surface area contributed by atoms with E-state index in [1.165, 1.54) is 12.1 Å². The molecule has 2 rings (SSSR count). The van der Waals surface area contributed by atoms with E-state index in [0.717, 1.165) is 17.5 Å². The van der Waals surface area contributed by atoms with Gasteiger partial charge in [0.05, 0.1) is 12.1 Å². The molecule has 1 N–H and O–H groups in total. The Kier molecular flexibility index (Phi) is 8.50. The summed E-state index contributed by atoms with van der Waals surface area (Å²) in [6, 6.07) is 12.1. The number of ether oxygens (including phenoxy) is 3. The van der Waals surface area contributed by atoms with Crippen molar-refractivity contribution in [2.45, 2.75) is 26.0 Å². The second-order valence-electron chi connectivity index (χ2n) is 5.78. The second kappa shape index (κ2) is 11.1. The molecule has 4 nitrogen and oxygen atoms in total. The number of benzene rings is 2. The number of methoxy groups -OCH3 is 1. The number of hydrogen-bond acceptors (Lipinski definition) is 4. The monoisotopic (exact) mass is 405 g/mol. The second-order valence-corrected chi connectivity index (χ2v) is 6.27. The molecule has 28 heavy (non-hydrogen) atoms. The van der Waals surface area contributed by atoms with Crippen molar-refractivity contribution in [3.8, 4) is 29.6 Å². The third-order valence-electron chi connectivity index (χ3n) is 3.82. The van der Waals surface area contributed by atoms with Crippen molar-refractivity contribution in [2.75, 3.05) is 13.7 Å². The van der Waals surface area contributed by atoms with Crippen LogP contribution in [0, 0.1) is 12.3 Å². The van der Waals surface area contributed by atoms with Crippen LogP contribution in [0.5, 0.6) is 17.2 Å². The molecule has 0 bridgehead atoms. The number of aryl methyl sites for hydroxylation is 1. The maximum Gasteiger partial charge on any atom is 0.387 e. The Hall–Kier alpha value is -2.85. The van der Waals surface area contributed by atoms with E-state index in [4.69, 9.17) is 28.1 Å². The van der Waals surface area contributed by atoms with Crippen molar-refractivity contribution in [2.24, 2.45) is 0 Å². The molecule has 148 valence electrons. The fourth-order valence-electron chi connectivity index (χ4n) is 2.44. The maximum absolute atomic E-state index is 12.2. The van der Waals surface area contributed by atoms with Crippen LogP contribution in [0.3, 0.4) is 0 Å². The standard InChI is InChI=1S/C21H21F2NO3S/c1-3-12-26-18-10-6-15(13-19(18)25-2)7-11-20(28)24-14-16-4-8-17(9-5-16)27-21(22)23/h1,4-6,8-10,13,21H,7,11-12,14H2,2H3,(H,24,28). The zero-order valence-electron chi connectivity index (χ0n) is 15.4. The molecular formula is C21H21F2NO3S. The molecule has 0 saturated carbocycles. The summed E-state index contributed by atoms with van der Waals surface area (Å²) in [5, 5.41) is 3.16. The van der Waals surface area contributed by atoms with Gasteiger partial charge in [0.15, 0.2) is 11.5 Å². The van der Waals surface area contributed by atoms with E-state index in [1.54, 1.807) is 19.2 Å². The van der Waals surface area contributed by atoms with Crippen LogP contribution in [0.25, 0.3) is 0 Å². The molecule has 0 aliphatic rings. The van der Waals surface area contributed by atoms with Crippen molar-refractivity contribution >= 4 is 17.2 Å². The highest BCUT2D eigenvalue weighted by molar-refractivity contribution is 7.80. The van der Waals surface area contributed by atoms with Gasteiger partial charge in [-0.15, -0.1) is 6.42 Å². The van der Waals surface area contributed by atoms with Crippen LogP contribution >= 0.6 is 12.2 Å². The zero-order chi connectivity index (χ0) is 20.4. The number of alkyl halides is 2. The van der Waals surface area contributed by atoms with Gasteiger partial charge in [-0.1, -0.05) is 36.3 Å². The van der Waals surface area contributed by atoms with E-state index in [0.29, 0.717) is 29.5 Å².